The van der Waals surface area contributed by atoms with Crippen LogP contribution in [0.3, 0.4) is 0 Å². The van der Waals surface area contributed by atoms with Gasteiger partial charge in [-0.2, -0.15) is 18.2 Å². The average molecular weight is 391 g/mol. The van der Waals surface area contributed by atoms with Crippen LogP contribution in [0.4, 0.5) is 13.2 Å². The first-order valence-corrected chi connectivity index (χ1v) is 8.78. The Balaban J connectivity index is 1.71. The molecule has 1 amide bonds. The van der Waals surface area contributed by atoms with Gasteiger partial charge in [0.15, 0.2) is 0 Å². The highest BCUT2D eigenvalue weighted by Gasteiger charge is 2.36. The van der Waals surface area contributed by atoms with Gasteiger partial charge in [0.1, 0.15) is 0 Å². The summed E-state index contributed by atoms with van der Waals surface area (Å²) in [5, 5.41) is 6.38. The van der Waals surface area contributed by atoms with Gasteiger partial charge in [-0.3, -0.25) is 4.79 Å². The van der Waals surface area contributed by atoms with Crippen molar-refractivity contribution in [1.82, 2.24) is 24.9 Å². The molecule has 1 aromatic carbocycles. The fraction of sp³-hybridized carbons (Fsp3) is 0.368. The number of benzene rings is 1. The van der Waals surface area contributed by atoms with Gasteiger partial charge >= 0.3 is 6.18 Å². The molecule has 0 spiro atoms. The quantitative estimate of drug-likeness (QED) is 0.724. The van der Waals surface area contributed by atoms with Crippen molar-refractivity contribution >= 4 is 11.7 Å². The van der Waals surface area contributed by atoms with E-state index >= 15 is 0 Å². The first-order chi connectivity index (χ1) is 13.2. The fourth-order valence-electron chi connectivity index (χ4n) is 3.02. The van der Waals surface area contributed by atoms with Gasteiger partial charge in [0.25, 0.3) is 11.6 Å². The van der Waals surface area contributed by atoms with Crippen LogP contribution in [0, 0.1) is 20.8 Å². The Morgan fingerprint density at radius 3 is 2.54 bits per heavy atom. The van der Waals surface area contributed by atoms with Crippen LogP contribution in [0.15, 0.2) is 24.3 Å². The van der Waals surface area contributed by atoms with E-state index in [4.69, 9.17) is 0 Å². The van der Waals surface area contributed by atoms with Crippen LogP contribution in [0.25, 0.3) is 5.78 Å². The van der Waals surface area contributed by atoms with Crippen molar-refractivity contribution in [1.29, 1.82) is 0 Å². The van der Waals surface area contributed by atoms with E-state index in [2.05, 4.69) is 20.4 Å². The summed E-state index contributed by atoms with van der Waals surface area (Å²) in [6.45, 7) is 5.74. The molecule has 3 rings (SSSR count). The zero-order chi connectivity index (χ0) is 20.5. The highest BCUT2D eigenvalue weighted by Crippen LogP contribution is 2.27. The molecule has 6 nitrogen and oxygen atoms in total. The zero-order valence-corrected chi connectivity index (χ0v) is 15.8. The van der Waals surface area contributed by atoms with Crippen molar-refractivity contribution in [2.24, 2.45) is 0 Å². The Labute approximate surface area is 159 Å². The van der Waals surface area contributed by atoms with Gasteiger partial charge in [-0.15, -0.1) is 5.10 Å². The molecular formula is C19H20F3N5O. The molecular weight excluding hydrogens is 371 g/mol. The average Bonchev–Trinajstić information content (AvgIpc) is 3.05. The molecule has 0 atom stereocenters. The molecule has 3 aromatic rings. The number of alkyl halides is 3. The number of halogens is 3. The van der Waals surface area contributed by atoms with Crippen molar-refractivity contribution < 1.29 is 18.0 Å². The molecule has 0 saturated heterocycles. The second kappa shape index (κ2) is 7.57. The number of hydrogen-bond donors (Lipinski definition) is 1. The molecule has 2 aromatic heterocycles. The lowest BCUT2D eigenvalue weighted by Gasteiger charge is -2.11. The number of aryl methyl sites for hydroxylation is 3. The predicted molar refractivity (Wildman–Crippen MR) is 96.6 cm³/mol. The third-order valence-corrected chi connectivity index (χ3v) is 4.64. The summed E-state index contributed by atoms with van der Waals surface area (Å²) in [5.41, 5.74) is 3.86. The first-order valence-electron chi connectivity index (χ1n) is 8.78. The van der Waals surface area contributed by atoms with E-state index in [0.29, 0.717) is 29.9 Å². The molecule has 0 aliphatic carbocycles. The summed E-state index contributed by atoms with van der Waals surface area (Å²) >= 11 is 0. The number of carbonyl (C=O) groups is 1. The van der Waals surface area contributed by atoms with E-state index in [1.807, 2.05) is 31.2 Å². The van der Waals surface area contributed by atoms with Gasteiger partial charge in [0.2, 0.25) is 5.91 Å². The van der Waals surface area contributed by atoms with Crippen molar-refractivity contribution in [3.8, 4) is 0 Å². The minimum Gasteiger partial charge on any atom is -0.352 e. The van der Waals surface area contributed by atoms with Crippen molar-refractivity contribution in [2.75, 3.05) is 0 Å². The first kappa shape index (κ1) is 19.8. The summed E-state index contributed by atoms with van der Waals surface area (Å²) in [4.78, 5) is 19.8. The van der Waals surface area contributed by atoms with Crippen molar-refractivity contribution in [2.45, 2.75) is 46.3 Å². The molecule has 9 heteroatoms. The van der Waals surface area contributed by atoms with Gasteiger partial charge < -0.3 is 5.32 Å². The molecule has 1 N–H and O–H groups in total. The van der Waals surface area contributed by atoms with E-state index in [1.165, 1.54) is 0 Å². The smallest absolute Gasteiger partial charge is 0.352 e. The Morgan fingerprint density at radius 1 is 1.14 bits per heavy atom. The number of aromatic nitrogens is 4. The van der Waals surface area contributed by atoms with Crippen molar-refractivity contribution in [3.05, 3.63) is 58.2 Å². The SMILES string of the molecule is Cc1ccccc1CNC(=O)CCc1c(C)nc2nc(C(F)(F)F)nn2c1C. The highest BCUT2D eigenvalue weighted by atomic mass is 19.4. The van der Waals surface area contributed by atoms with Gasteiger partial charge in [-0.05, 0) is 43.9 Å². The van der Waals surface area contributed by atoms with Crippen LogP contribution in [0.1, 0.15) is 40.3 Å². The van der Waals surface area contributed by atoms with E-state index < -0.39 is 12.0 Å². The number of rotatable bonds is 5. The number of nitrogens with zero attached hydrogens (tertiary/aromatic N) is 4. The van der Waals surface area contributed by atoms with Gasteiger partial charge in [-0.25, -0.2) is 9.50 Å². The maximum atomic E-state index is 12.8. The van der Waals surface area contributed by atoms with Crippen LogP contribution < -0.4 is 5.32 Å². The standard InChI is InChI=1S/C19H20F3N5O/c1-11-6-4-5-7-14(11)10-23-16(28)9-8-15-12(2)24-18-25-17(19(20,21)22)26-27(18)13(15)3/h4-7H,8-10H2,1-3H3,(H,23,28). The largest absolute Gasteiger partial charge is 0.453 e. The van der Waals surface area contributed by atoms with Gasteiger partial charge in [0.05, 0.1) is 0 Å². The Kier molecular flexibility index (Phi) is 5.35. The number of hydrogen-bond acceptors (Lipinski definition) is 4. The van der Waals surface area contributed by atoms with E-state index in [9.17, 15) is 18.0 Å². The molecule has 0 unspecified atom stereocenters. The molecule has 0 bridgehead atoms. The predicted octanol–water partition coefficient (Wildman–Crippen LogP) is 3.32. The maximum Gasteiger partial charge on any atom is 0.453 e. The summed E-state index contributed by atoms with van der Waals surface area (Å²) in [5.74, 6) is -1.47. The number of nitrogens with one attached hydrogen (secondary N) is 1. The van der Waals surface area contributed by atoms with Crippen molar-refractivity contribution in [3.63, 3.8) is 0 Å². The zero-order valence-electron chi connectivity index (χ0n) is 15.8. The minimum atomic E-state index is -4.64. The Morgan fingerprint density at radius 2 is 1.86 bits per heavy atom. The molecule has 0 aliphatic heterocycles. The summed E-state index contributed by atoms with van der Waals surface area (Å²) in [6.07, 6.45) is -4.09. The third kappa shape index (κ3) is 4.13. The number of fused-ring (bicyclic) bond motifs is 1. The monoisotopic (exact) mass is 391 g/mol. The lowest BCUT2D eigenvalue weighted by Crippen LogP contribution is -2.23. The molecule has 2 heterocycles. The molecule has 28 heavy (non-hydrogen) atoms. The summed E-state index contributed by atoms with van der Waals surface area (Å²) in [6, 6.07) is 7.77. The topological polar surface area (TPSA) is 72.2 Å². The van der Waals surface area contributed by atoms with E-state index in [-0.39, 0.29) is 18.1 Å². The van der Waals surface area contributed by atoms with E-state index in [0.717, 1.165) is 15.6 Å². The second-order valence-electron chi connectivity index (χ2n) is 6.61. The van der Waals surface area contributed by atoms with Crippen LogP contribution in [-0.2, 0) is 23.9 Å². The third-order valence-electron chi connectivity index (χ3n) is 4.64. The molecule has 0 radical (unpaired) electrons. The van der Waals surface area contributed by atoms with Crippen LogP contribution in [0.2, 0.25) is 0 Å². The van der Waals surface area contributed by atoms with Crippen LogP contribution in [-0.4, -0.2) is 25.5 Å². The van der Waals surface area contributed by atoms with Gasteiger partial charge in [-0.1, -0.05) is 24.3 Å². The number of amides is 1. The summed E-state index contributed by atoms with van der Waals surface area (Å²) in [7, 11) is 0. The van der Waals surface area contributed by atoms with E-state index in [1.54, 1.807) is 13.8 Å². The maximum absolute atomic E-state index is 12.8. The molecule has 0 fully saturated rings. The Hall–Kier alpha value is -2.97. The van der Waals surface area contributed by atoms with Crippen LogP contribution >= 0.6 is 0 Å². The lowest BCUT2D eigenvalue weighted by molar-refractivity contribution is -0.144. The fourth-order valence-corrected chi connectivity index (χ4v) is 3.02. The Bertz CT molecular complexity index is 1030. The molecule has 148 valence electrons. The highest BCUT2D eigenvalue weighted by molar-refractivity contribution is 5.76. The molecule has 0 aliphatic rings. The minimum absolute atomic E-state index is 0.102. The lowest BCUT2D eigenvalue weighted by atomic mass is 10.1. The molecule has 0 saturated carbocycles. The van der Waals surface area contributed by atoms with Gasteiger partial charge in [0, 0.05) is 24.4 Å². The summed E-state index contributed by atoms with van der Waals surface area (Å²) < 4.78 is 39.6. The normalized spacial score (nSPS) is 11.8. The second-order valence-corrected chi connectivity index (χ2v) is 6.61. The number of carbonyl (C=O) groups excluding carboxylic acids is 1. The van der Waals surface area contributed by atoms with Crippen LogP contribution in [0.5, 0.6) is 0 Å².